The molecular formula is C25H19N3O5. The van der Waals surface area contributed by atoms with Crippen LogP contribution in [0.3, 0.4) is 0 Å². The van der Waals surface area contributed by atoms with Crippen molar-refractivity contribution < 1.29 is 28.8 Å². The quantitative estimate of drug-likeness (QED) is 0.425. The van der Waals surface area contributed by atoms with Crippen molar-refractivity contribution in [3.8, 4) is 5.75 Å². The average Bonchev–Trinajstić information content (AvgIpc) is 3.40. The third-order valence-electron chi connectivity index (χ3n) is 5.61. The number of pyridine rings is 2. The van der Waals surface area contributed by atoms with Gasteiger partial charge in [-0.1, -0.05) is 18.2 Å². The van der Waals surface area contributed by atoms with Crippen molar-refractivity contribution in [2.75, 3.05) is 7.11 Å². The van der Waals surface area contributed by atoms with Crippen LogP contribution < -0.4 is 14.8 Å². The Hall–Kier alpha value is -4.46. The van der Waals surface area contributed by atoms with Crippen molar-refractivity contribution in [1.82, 2.24) is 9.88 Å². The molecule has 5 rings (SSSR count). The van der Waals surface area contributed by atoms with Crippen LogP contribution >= 0.6 is 0 Å². The number of benzene rings is 1. The molecule has 1 amide bonds. The number of rotatable bonds is 6. The normalized spacial score (nSPS) is 16.0. The first-order chi connectivity index (χ1) is 16.1. The number of carbonyl (C=O) groups is 2. The Balaban J connectivity index is 1.60. The van der Waals surface area contributed by atoms with Crippen LogP contribution in [0.4, 0.5) is 0 Å². The standard InChI is InChI=1S/C25H19N3O5/c1-32-18-8-2-6-16-11-19(33-24(16)18)22(29)20-21(17-7-4-10-27-13-17)28(25(31)23(20)30)14-15-5-3-9-26-12-15/h2-13,21,30H,14H2,1H3. The van der Waals surface area contributed by atoms with Crippen molar-refractivity contribution in [3.63, 3.8) is 0 Å². The van der Waals surface area contributed by atoms with Gasteiger partial charge in [0.15, 0.2) is 29.5 Å². The van der Waals surface area contributed by atoms with Gasteiger partial charge in [-0.3, -0.25) is 14.6 Å². The number of hydrogen-bond acceptors (Lipinski definition) is 6. The molecule has 0 aliphatic carbocycles. The van der Waals surface area contributed by atoms with Crippen LogP contribution in [0.1, 0.15) is 27.7 Å². The fraction of sp³-hybridized carbons (Fsp3) is 0.120. The van der Waals surface area contributed by atoms with E-state index in [-0.39, 0.29) is 17.9 Å². The second-order valence-corrected chi connectivity index (χ2v) is 7.59. The lowest BCUT2D eigenvalue weighted by molar-refractivity contribution is -0.378. The number of aromatic amines is 1. The van der Waals surface area contributed by atoms with E-state index in [0.717, 1.165) is 5.56 Å². The number of Topliss-reactive ketones (excluding diaryl/α,β-unsaturated/α-hetero) is 1. The molecule has 3 aromatic heterocycles. The first-order valence-corrected chi connectivity index (χ1v) is 10.3. The smallest absolute Gasteiger partial charge is 0.240 e. The highest BCUT2D eigenvalue weighted by molar-refractivity contribution is 6.15. The summed E-state index contributed by atoms with van der Waals surface area (Å²) in [6, 6.07) is 13.0. The van der Waals surface area contributed by atoms with E-state index in [4.69, 9.17) is 9.15 Å². The Morgan fingerprint density at radius 2 is 2.12 bits per heavy atom. The molecule has 8 heteroatoms. The van der Waals surface area contributed by atoms with Gasteiger partial charge in [0.05, 0.1) is 19.7 Å². The Kier molecular flexibility index (Phi) is 5.10. The minimum atomic E-state index is -0.887. The molecule has 1 aliphatic rings. The topological polar surface area (TPSA) is 110 Å². The number of nitrogens with zero attached hydrogens (tertiary/aromatic N) is 2. The molecule has 1 unspecified atom stereocenters. The van der Waals surface area contributed by atoms with Gasteiger partial charge in [-0.15, -0.1) is 0 Å². The largest absolute Gasteiger partial charge is 0.868 e. The molecule has 1 aliphatic heterocycles. The molecular weight excluding hydrogens is 422 g/mol. The summed E-state index contributed by atoms with van der Waals surface area (Å²) in [5.74, 6) is -1.79. The van der Waals surface area contributed by atoms with Crippen LogP contribution in [0.5, 0.6) is 5.75 Å². The van der Waals surface area contributed by atoms with E-state index in [0.29, 0.717) is 22.3 Å². The predicted octanol–water partition coefficient (Wildman–Crippen LogP) is 2.23. The fourth-order valence-corrected chi connectivity index (χ4v) is 4.08. The molecule has 4 aromatic rings. The van der Waals surface area contributed by atoms with Crippen LogP contribution in [-0.2, 0) is 11.3 Å². The maximum Gasteiger partial charge on any atom is 0.240 e. The zero-order valence-electron chi connectivity index (χ0n) is 17.6. The monoisotopic (exact) mass is 441 g/mol. The van der Waals surface area contributed by atoms with Gasteiger partial charge in [-0.2, -0.15) is 0 Å². The highest BCUT2D eigenvalue weighted by Gasteiger charge is 2.40. The van der Waals surface area contributed by atoms with E-state index in [2.05, 4.69) is 9.97 Å². The molecule has 1 N–H and O–H groups in total. The number of amides is 1. The van der Waals surface area contributed by atoms with Crippen LogP contribution in [0.2, 0.25) is 0 Å². The zero-order valence-corrected chi connectivity index (χ0v) is 17.6. The first-order valence-electron chi connectivity index (χ1n) is 10.3. The van der Waals surface area contributed by atoms with Crippen LogP contribution in [0, 0.1) is 0 Å². The number of nitrogens with one attached hydrogen (secondary N) is 1. The minimum Gasteiger partial charge on any atom is -0.868 e. The summed E-state index contributed by atoms with van der Waals surface area (Å²) in [6.07, 6.45) is 6.63. The highest BCUT2D eigenvalue weighted by Crippen LogP contribution is 2.40. The van der Waals surface area contributed by atoms with E-state index in [9.17, 15) is 14.7 Å². The summed E-state index contributed by atoms with van der Waals surface area (Å²) >= 11 is 0. The van der Waals surface area contributed by atoms with Crippen molar-refractivity contribution in [3.05, 3.63) is 102 Å². The van der Waals surface area contributed by atoms with E-state index in [1.165, 1.54) is 12.0 Å². The van der Waals surface area contributed by atoms with Crippen molar-refractivity contribution in [2.45, 2.75) is 12.6 Å². The number of carbonyl (C=O) groups excluding carboxylic acids is 2. The van der Waals surface area contributed by atoms with Crippen LogP contribution in [0.15, 0.2) is 89.1 Å². The molecule has 0 spiro atoms. The third kappa shape index (κ3) is 3.51. The van der Waals surface area contributed by atoms with Gasteiger partial charge in [-0.25, -0.2) is 4.98 Å². The molecule has 8 nitrogen and oxygen atoms in total. The molecule has 33 heavy (non-hydrogen) atoms. The molecule has 4 heterocycles. The second kappa shape index (κ2) is 8.23. The summed E-state index contributed by atoms with van der Waals surface area (Å²) in [6.45, 7) is 0.145. The Morgan fingerprint density at radius 1 is 1.24 bits per heavy atom. The summed E-state index contributed by atoms with van der Waals surface area (Å²) in [5.41, 5.74) is 1.59. The number of aromatic nitrogens is 2. The molecule has 0 bridgehead atoms. The number of para-hydroxylation sites is 1. The maximum absolute atomic E-state index is 13.6. The Morgan fingerprint density at radius 3 is 2.85 bits per heavy atom. The van der Waals surface area contributed by atoms with E-state index < -0.39 is 23.5 Å². The highest BCUT2D eigenvalue weighted by atomic mass is 16.5. The van der Waals surface area contributed by atoms with Gasteiger partial charge >= 0.3 is 0 Å². The SMILES string of the molecule is COc1cccc2cc(C(=O)C3=C([O-])C(=O)N(Cc4ccc[nH+]c4)C3c3cccnc3)oc12. The van der Waals surface area contributed by atoms with Crippen molar-refractivity contribution in [1.29, 1.82) is 0 Å². The van der Waals surface area contributed by atoms with Crippen LogP contribution in [-0.4, -0.2) is 28.7 Å². The lowest BCUT2D eigenvalue weighted by Gasteiger charge is -2.26. The first kappa shape index (κ1) is 20.4. The van der Waals surface area contributed by atoms with E-state index in [1.807, 2.05) is 6.07 Å². The number of ether oxygens (including phenoxy) is 1. The van der Waals surface area contributed by atoms with Gasteiger partial charge in [-0.05, 0) is 35.6 Å². The number of methoxy groups -OCH3 is 1. The summed E-state index contributed by atoms with van der Waals surface area (Å²) in [4.78, 5) is 35.1. The average molecular weight is 441 g/mol. The Labute approximate surface area is 188 Å². The van der Waals surface area contributed by atoms with Crippen molar-refractivity contribution in [2.24, 2.45) is 0 Å². The summed E-state index contributed by atoms with van der Waals surface area (Å²) in [5, 5.41) is 13.8. The number of ketones is 1. The predicted molar refractivity (Wildman–Crippen MR) is 115 cm³/mol. The Bertz CT molecular complexity index is 1380. The molecule has 0 saturated carbocycles. The third-order valence-corrected chi connectivity index (χ3v) is 5.61. The van der Waals surface area contributed by atoms with Gasteiger partial charge < -0.3 is 19.2 Å². The summed E-state index contributed by atoms with van der Waals surface area (Å²) in [7, 11) is 1.50. The van der Waals surface area contributed by atoms with Gasteiger partial charge in [0, 0.05) is 35.0 Å². The summed E-state index contributed by atoms with van der Waals surface area (Å²) < 4.78 is 11.1. The number of furan rings is 1. The molecule has 1 atom stereocenters. The van der Waals surface area contributed by atoms with Gasteiger partial charge in [0.1, 0.15) is 0 Å². The number of H-pyrrole nitrogens is 1. The lowest BCUT2D eigenvalue weighted by atomic mass is 9.96. The van der Waals surface area contributed by atoms with Gasteiger partial charge in [0.2, 0.25) is 11.7 Å². The van der Waals surface area contributed by atoms with Gasteiger partial charge in [0.25, 0.3) is 0 Å². The number of hydrogen-bond donors (Lipinski definition) is 0. The van der Waals surface area contributed by atoms with E-state index >= 15 is 0 Å². The van der Waals surface area contributed by atoms with Crippen LogP contribution in [0.25, 0.3) is 11.0 Å². The molecule has 1 aromatic carbocycles. The molecule has 0 radical (unpaired) electrons. The molecule has 164 valence electrons. The van der Waals surface area contributed by atoms with Crippen molar-refractivity contribution >= 4 is 22.7 Å². The van der Waals surface area contributed by atoms with E-state index in [1.54, 1.807) is 67.3 Å². The second-order valence-electron chi connectivity index (χ2n) is 7.59. The zero-order chi connectivity index (χ0) is 22.9. The molecule has 0 saturated heterocycles. The minimum absolute atomic E-state index is 0.0329. The maximum atomic E-state index is 13.6. The number of fused-ring (bicyclic) bond motifs is 1. The lowest BCUT2D eigenvalue weighted by Crippen LogP contribution is -2.32. The fourth-order valence-electron chi connectivity index (χ4n) is 4.08. The molecule has 0 fully saturated rings.